The average molecular weight is 364 g/mol. The number of halogens is 1. The van der Waals surface area contributed by atoms with Crippen LogP contribution in [0.2, 0.25) is 18.1 Å². The molecule has 1 aromatic rings. The van der Waals surface area contributed by atoms with E-state index in [2.05, 4.69) is 33.9 Å². The summed E-state index contributed by atoms with van der Waals surface area (Å²) in [5.41, 5.74) is 8.16. The minimum Gasteiger partial charge on any atom is -0.416 e. The van der Waals surface area contributed by atoms with E-state index in [9.17, 15) is 0 Å². The van der Waals surface area contributed by atoms with Gasteiger partial charge in [-0.05, 0) is 55.0 Å². The molecule has 0 aliphatic heterocycles. The molecule has 0 spiro atoms. The minimum atomic E-state index is -1.80. The summed E-state index contributed by atoms with van der Waals surface area (Å²) in [5, 5.41) is 0.178. The SMILES string of the molecule is CC(C)(C)[Si](C)(C)OCC1CCC/C1=C(\F)C(N)Cc1ccccc1. The van der Waals surface area contributed by atoms with Gasteiger partial charge in [-0.1, -0.05) is 51.1 Å². The smallest absolute Gasteiger partial charge is 0.192 e. The third kappa shape index (κ3) is 5.25. The van der Waals surface area contributed by atoms with Crippen molar-refractivity contribution in [1.82, 2.24) is 0 Å². The molecule has 25 heavy (non-hydrogen) atoms. The van der Waals surface area contributed by atoms with E-state index in [0.29, 0.717) is 13.0 Å². The average Bonchev–Trinajstić information content (AvgIpc) is 3.00. The molecular weight excluding hydrogens is 329 g/mol. The van der Waals surface area contributed by atoms with Gasteiger partial charge in [-0.3, -0.25) is 0 Å². The fourth-order valence-corrected chi connectivity index (χ4v) is 4.19. The van der Waals surface area contributed by atoms with Gasteiger partial charge in [0.25, 0.3) is 0 Å². The zero-order chi connectivity index (χ0) is 18.7. The zero-order valence-electron chi connectivity index (χ0n) is 16.4. The predicted octanol–water partition coefficient (Wildman–Crippen LogP) is 5.60. The number of nitrogens with two attached hydrogens (primary N) is 1. The normalized spacial score (nSPS) is 22.1. The summed E-state index contributed by atoms with van der Waals surface area (Å²) in [4.78, 5) is 0. The van der Waals surface area contributed by atoms with Crippen molar-refractivity contribution in [2.75, 3.05) is 6.61 Å². The fourth-order valence-electron chi connectivity index (χ4n) is 3.14. The first kappa shape index (κ1) is 20.3. The van der Waals surface area contributed by atoms with Crippen molar-refractivity contribution in [3.8, 4) is 0 Å². The van der Waals surface area contributed by atoms with Gasteiger partial charge in [-0.25, -0.2) is 4.39 Å². The molecule has 2 rings (SSSR count). The quantitative estimate of drug-likeness (QED) is 0.668. The van der Waals surface area contributed by atoms with Gasteiger partial charge in [0.1, 0.15) is 5.83 Å². The molecule has 2 unspecified atom stereocenters. The van der Waals surface area contributed by atoms with Crippen LogP contribution in [0.25, 0.3) is 0 Å². The Labute approximate surface area is 153 Å². The standard InChI is InChI=1S/C21H34FNOSi/c1-21(2,3)25(4,5)24-15-17-12-9-13-18(17)20(22)19(23)14-16-10-7-6-8-11-16/h6-8,10-11,17,19H,9,12-15,23H2,1-5H3/b20-18+. The van der Waals surface area contributed by atoms with Gasteiger partial charge in [0.05, 0.1) is 6.04 Å². The van der Waals surface area contributed by atoms with Gasteiger partial charge in [-0.15, -0.1) is 0 Å². The lowest BCUT2D eigenvalue weighted by molar-refractivity contribution is 0.245. The second kappa shape index (κ2) is 8.15. The Bertz CT molecular complexity index is 592. The Morgan fingerprint density at radius 2 is 1.92 bits per heavy atom. The van der Waals surface area contributed by atoms with Crippen LogP contribution in [0, 0.1) is 5.92 Å². The number of rotatable bonds is 6. The Balaban J connectivity index is 2.04. The van der Waals surface area contributed by atoms with E-state index in [1.54, 1.807) is 0 Å². The summed E-state index contributed by atoms with van der Waals surface area (Å²) in [6, 6.07) is 9.37. The first-order chi connectivity index (χ1) is 11.6. The molecule has 0 saturated heterocycles. The highest BCUT2D eigenvalue weighted by atomic mass is 28.4. The summed E-state index contributed by atoms with van der Waals surface area (Å²) in [6.45, 7) is 11.9. The largest absolute Gasteiger partial charge is 0.416 e. The van der Waals surface area contributed by atoms with Crippen LogP contribution < -0.4 is 5.73 Å². The van der Waals surface area contributed by atoms with Gasteiger partial charge in [-0.2, -0.15) is 0 Å². The summed E-state index contributed by atoms with van der Waals surface area (Å²) in [7, 11) is -1.80. The van der Waals surface area contributed by atoms with Crippen LogP contribution in [0.4, 0.5) is 4.39 Å². The molecule has 1 saturated carbocycles. The number of hydrogen-bond donors (Lipinski definition) is 1. The molecule has 1 aliphatic carbocycles. The maximum absolute atomic E-state index is 15.0. The van der Waals surface area contributed by atoms with Crippen molar-refractivity contribution in [3.63, 3.8) is 0 Å². The van der Waals surface area contributed by atoms with E-state index in [4.69, 9.17) is 10.2 Å². The predicted molar refractivity (Wildman–Crippen MR) is 107 cm³/mol. The summed E-state index contributed by atoms with van der Waals surface area (Å²) < 4.78 is 21.4. The second-order valence-corrected chi connectivity index (χ2v) is 13.6. The first-order valence-corrected chi connectivity index (χ1v) is 12.3. The van der Waals surface area contributed by atoms with Gasteiger partial charge in [0.2, 0.25) is 0 Å². The van der Waals surface area contributed by atoms with E-state index >= 15 is 4.39 Å². The van der Waals surface area contributed by atoms with Crippen LogP contribution in [0.1, 0.15) is 45.6 Å². The van der Waals surface area contributed by atoms with Gasteiger partial charge in [0, 0.05) is 12.5 Å². The molecule has 0 aromatic heterocycles. The van der Waals surface area contributed by atoms with Crippen LogP contribution in [0.3, 0.4) is 0 Å². The van der Waals surface area contributed by atoms with Gasteiger partial charge >= 0.3 is 0 Å². The molecular formula is C21H34FNOSi. The topological polar surface area (TPSA) is 35.2 Å². The van der Waals surface area contributed by atoms with E-state index in [1.165, 1.54) is 0 Å². The molecule has 1 aliphatic rings. The first-order valence-electron chi connectivity index (χ1n) is 9.44. The highest BCUT2D eigenvalue weighted by Crippen LogP contribution is 2.40. The maximum Gasteiger partial charge on any atom is 0.192 e. The molecule has 0 radical (unpaired) electrons. The number of benzene rings is 1. The molecule has 4 heteroatoms. The summed E-state index contributed by atoms with van der Waals surface area (Å²) in [6.07, 6.45) is 3.41. The Kier molecular flexibility index (Phi) is 6.63. The lowest BCUT2D eigenvalue weighted by atomic mass is 9.97. The highest BCUT2D eigenvalue weighted by Gasteiger charge is 2.38. The molecule has 0 amide bonds. The van der Waals surface area contributed by atoms with Crippen LogP contribution >= 0.6 is 0 Å². The third-order valence-corrected chi connectivity index (χ3v) is 10.4. The molecule has 0 bridgehead atoms. The van der Waals surface area contributed by atoms with Crippen molar-refractivity contribution >= 4 is 8.32 Å². The van der Waals surface area contributed by atoms with Crippen molar-refractivity contribution in [1.29, 1.82) is 0 Å². The molecule has 0 heterocycles. The van der Waals surface area contributed by atoms with Crippen molar-refractivity contribution in [2.45, 2.75) is 70.6 Å². The maximum atomic E-state index is 15.0. The van der Waals surface area contributed by atoms with Crippen LogP contribution in [-0.2, 0) is 10.8 Å². The van der Waals surface area contributed by atoms with Crippen LogP contribution in [0.15, 0.2) is 41.7 Å². The van der Waals surface area contributed by atoms with Crippen molar-refractivity contribution < 1.29 is 8.82 Å². The lowest BCUT2D eigenvalue weighted by Gasteiger charge is -2.37. The molecule has 1 aromatic carbocycles. The molecule has 1 fully saturated rings. The van der Waals surface area contributed by atoms with Crippen molar-refractivity contribution in [2.24, 2.45) is 11.7 Å². The molecule has 2 N–H and O–H groups in total. The Morgan fingerprint density at radius 3 is 2.52 bits per heavy atom. The molecule has 2 atom stereocenters. The third-order valence-electron chi connectivity index (χ3n) is 5.87. The molecule has 140 valence electrons. The summed E-state index contributed by atoms with van der Waals surface area (Å²) >= 11 is 0. The highest BCUT2D eigenvalue weighted by molar-refractivity contribution is 6.74. The fraction of sp³-hybridized carbons (Fsp3) is 0.619. The van der Waals surface area contributed by atoms with E-state index in [1.807, 2.05) is 30.3 Å². The lowest BCUT2D eigenvalue weighted by Crippen LogP contribution is -2.42. The second-order valence-electron chi connectivity index (χ2n) is 8.83. The van der Waals surface area contributed by atoms with Crippen molar-refractivity contribution in [3.05, 3.63) is 47.3 Å². The van der Waals surface area contributed by atoms with Gasteiger partial charge in [0.15, 0.2) is 8.32 Å². The minimum absolute atomic E-state index is 0.106. The number of hydrogen-bond acceptors (Lipinski definition) is 2. The monoisotopic (exact) mass is 363 g/mol. The van der Waals surface area contributed by atoms with Crippen LogP contribution in [-0.4, -0.2) is 21.0 Å². The van der Waals surface area contributed by atoms with E-state index in [0.717, 1.165) is 30.4 Å². The van der Waals surface area contributed by atoms with Gasteiger partial charge < -0.3 is 10.2 Å². The zero-order valence-corrected chi connectivity index (χ0v) is 17.4. The Morgan fingerprint density at radius 1 is 1.28 bits per heavy atom. The van der Waals surface area contributed by atoms with E-state index < -0.39 is 14.4 Å². The Hall–Kier alpha value is -0.973. The van der Waals surface area contributed by atoms with Crippen LogP contribution in [0.5, 0.6) is 0 Å². The summed E-state index contributed by atoms with van der Waals surface area (Å²) in [5.74, 6) is 0.0844. The van der Waals surface area contributed by atoms with E-state index in [-0.39, 0.29) is 16.8 Å². The molecule has 2 nitrogen and oxygen atoms in total.